The summed E-state index contributed by atoms with van der Waals surface area (Å²) in [5, 5.41) is 0. The van der Waals surface area contributed by atoms with Gasteiger partial charge in [0.15, 0.2) is 0 Å². The highest BCUT2D eigenvalue weighted by atomic mass is 127. The van der Waals surface area contributed by atoms with Crippen LogP contribution in [0.25, 0.3) is 0 Å². The Morgan fingerprint density at radius 2 is 1.75 bits per heavy atom. The van der Waals surface area contributed by atoms with E-state index in [1.807, 2.05) is 0 Å². The van der Waals surface area contributed by atoms with E-state index >= 15 is 0 Å². The number of esters is 1. The standard InChI is InChI=1S/C12H24NO2.HI/c1-11(2)12(14)15-10-8-6-7-9-13(3,4)5;/h1,6-10H2,2-5H3;1H/q+1;/p-1. The van der Waals surface area contributed by atoms with Gasteiger partial charge in [0.1, 0.15) is 0 Å². The fourth-order valence-electron chi connectivity index (χ4n) is 1.15. The van der Waals surface area contributed by atoms with Gasteiger partial charge in [-0.05, 0) is 26.2 Å². The molecule has 0 aromatic heterocycles. The topological polar surface area (TPSA) is 26.3 Å². The van der Waals surface area contributed by atoms with Crippen LogP contribution in [0.5, 0.6) is 0 Å². The SMILES string of the molecule is C=C(C)C(=O)OCCCCC[N+](C)(C)C.[I-]. The van der Waals surface area contributed by atoms with E-state index in [9.17, 15) is 4.79 Å². The molecule has 0 saturated carbocycles. The first-order chi connectivity index (χ1) is 6.83. The highest BCUT2D eigenvalue weighted by molar-refractivity contribution is 5.86. The second kappa shape index (κ2) is 8.98. The number of hydrogen-bond donors (Lipinski definition) is 0. The monoisotopic (exact) mass is 341 g/mol. The summed E-state index contributed by atoms with van der Waals surface area (Å²) in [5.74, 6) is -0.276. The maximum atomic E-state index is 11.0. The van der Waals surface area contributed by atoms with Gasteiger partial charge in [-0.15, -0.1) is 0 Å². The molecule has 0 aromatic carbocycles. The zero-order valence-electron chi connectivity index (χ0n) is 10.9. The van der Waals surface area contributed by atoms with Crippen molar-refractivity contribution in [1.29, 1.82) is 0 Å². The number of rotatable bonds is 7. The Kier molecular flexibility index (Phi) is 10.3. The highest BCUT2D eigenvalue weighted by Gasteiger charge is 2.06. The first kappa shape index (κ1) is 18.3. The molecule has 0 saturated heterocycles. The van der Waals surface area contributed by atoms with Crippen molar-refractivity contribution in [3.05, 3.63) is 12.2 Å². The molecule has 0 bridgehead atoms. The van der Waals surface area contributed by atoms with Gasteiger partial charge in [0.2, 0.25) is 0 Å². The molecular formula is C12H24INO2. The normalized spacial score (nSPS) is 10.5. The smallest absolute Gasteiger partial charge is 0.333 e. The Morgan fingerprint density at radius 3 is 2.19 bits per heavy atom. The molecule has 0 aliphatic rings. The largest absolute Gasteiger partial charge is 1.00 e. The van der Waals surface area contributed by atoms with Gasteiger partial charge in [-0.3, -0.25) is 0 Å². The van der Waals surface area contributed by atoms with E-state index in [1.54, 1.807) is 6.92 Å². The molecule has 0 fully saturated rings. The molecule has 0 radical (unpaired) electrons. The van der Waals surface area contributed by atoms with Crippen molar-refractivity contribution in [3.8, 4) is 0 Å². The summed E-state index contributed by atoms with van der Waals surface area (Å²) in [7, 11) is 6.54. The molecule has 0 heterocycles. The molecule has 0 unspecified atom stereocenters. The molecule has 96 valence electrons. The lowest BCUT2D eigenvalue weighted by Gasteiger charge is -2.23. The van der Waals surface area contributed by atoms with Gasteiger partial charge < -0.3 is 33.2 Å². The first-order valence-corrected chi connectivity index (χ1v) is 5.46. The number of carbonyl (C=O) groups excluding carboxylic acids is 1. The number of quaternary nitrogens is 1. The molecule has 3 nitrogen and oxygen atoms in total. The lowest BCUT2D eigenvalue weighted by atomic mass is 10.2. The first-order valence-electron chi connectivity index (χ1n) is 5.46. The molecule has 4 heteroatoms. The Morgan fingerprint density at radius 1 is 1.19 bits per heavy atom. The van der Waals surface area contributed by atoms with Gasteiger partial charge in [-0.1, -0.05) is 6.58 Å². The zero-order chi connectivity index (χ0) is 11.9. The predicted molar refractivity (Wildman–Crippen MR) is 62.5 cm³/mol. The Hall–Kier alpha value is -0.100. The summed E-state index contributed by atoms with van der Waals surface area (Å²) < 4.78 is 5.98. The second-order valence-electron chi connectivity index (χ2n) is 4.99. The summed E-state index contributed by atoms with van der Waals surface area (Å²) in [4.78, 5) is 11.0. The Bertz CT molecular complexity index is 222. The van der Waals surface area contributed by atoms with E-state index in [0.29, 0.717) is 12.2 Å². The van der Waals surface area contributed by atoms with Crippen molar-refractivity contribution in [2.45, 2.75) is 26.2 Å². The van der Waals surface area contributed by atoms with Gasteiger partial charge in [0.05, 0.1) is 34.3 Å². The van der Waals surface area contributed by atoms with Crippen LogP contribution in [0.15, 0.2) is 12.2 Å². The molecule has 0 aliphatic heterocycles. The van der Waals surface area contributed by atoms with Crippen molar-refractivity contribution in [2.75, 3.05) is 34.3 Å². The zero-order valence-corrected chi connectivity index (χ0v) is 13.0. The van der Waals surface area contributed by atoms with Crippen molar-refractivity contribution < 1.29 is 38.0 Å². The third kappa shape index (κ3) is 12.0. The van der Waals surface area contributed by atoms with Crippen molar-refractivity contribution >= 4 is 5.97 Å². The Labute approximate surface area is 116 Å². The molecule has 0 spiro atoms. The van der Waals surface area contributed by atoms with Crippen molar-refractivity contribution in [1.82, 2.24) is 0 Å². The second-order valence-corrected chi connectivity index (χ2v) is 4.99. The number of carbonyl (C=O) groups is 1. The van der Waals surface area contributed by atoms with Crippen LogP contribution in [-0.4, -0.2) is 44.7 Å². The maximum Gasteiger partial charge on any atom is 0.333 e. The van der Waals surface area contributed by atoms with Gasteiger partial charge in [-0.25, -0.2) is 4.79 Å². The summed E-state index contributed by atoms with van der Waals surface area (Å²) in [6.45, 7) is 6.87. The van der Waals surface area contributed by atoms with Crippen LogP contribution < -0.4 is 24.0 Å². The minimum Gasteiger partial charge on any atom is -1.00 e. The van der Waals surface area contributed by atoms with E-state index in [4.69, 9.17) is 4.74 Å². The fourth-order valence-corrected chi connectivity index (χ4v) is 1.15. The lowest BCUT2D eigenvalue weighted by molar-refractivity contribution is -0.870. The van der Waals surface area contributed by atoms with Crippen LogP contribution in [0.2, 0.25) is 0 Å². The molecule has 0 aliphatic carbocycles. The number of hydrogen-bond acceptors (Lipinski definition) is 2. The maximum absolute atomic E-state index is 11.0. The van der Waals surface area contributed by atoms with Gasteiger partial charge in [0.25, 0.3) is 0 Å². The Balaban J connectivity index is 0. The number of halogens is 1. The quantitative estimate of drug-likeness (QED) is 0.195. The van der Waals surface area contributed by atoms with Crippen LogP contribution in [0.4, 0.5) is 0 Å². The van der Waals surface area contributed by atoms with E-state index < -0.39 is 0 Å². The molecule has 0 N–H and O–H groups in total. The average Bonchev–Trinajstić information content (AvgIpc) is 2.08. The third-order valence-electron chi connectivity index (χ3n) is 2.05. The van der Waals surface area contributed by atoms with Crippen LogP contribution in [-0.2, 0) is 9.53 Å². The molecule has 0 atom stereocenters. The molecule has 16 heavy (non-hydrogen) atoms. The summed E-state index contributed by atoms with van der Waals surface area (Å²) >= 11 is 0. The van der Waals surface area contributed by atoms with Crippen LogP contribution in [0, 0.1) is 0 Å². The van der Waals surface area contributed by atoms with Crippen molar-refractivity contribution in [3.63, 3.8) is 0 Å². The molecular weight excluding hydrogens is 317 g/mol. The van der Waals surface area contributed by atoms with Crippen LogP contribution >= 0.6 is 0 Å². The summed E-state index contributed by atoms with van der Waals surface area (Å²) in [6, 6.07) is 0. The molecule has 0 aromatic rings. The van der Waals surface area contributed by atoms with Gasteiger partial charge in [0, 0.05) is 5.57 Å². The van der Waals surface area contributed by atoms with Gasteiger partial charge >= 0.3 is 5.97 Å². The molecule has 0 amide bonds. The van der Waals surface area contributed by atoms with E-state index in [1.165, 1.54) is 6.42 Å². The summed E-state index contributed by atoms with van der Waals surface area (Å²) in [6.07, 6.45) is 3.23. The minimum atomic E-state index is -0.276. The van der Waals surface area contributed by atoms with E-state index in [2.05, 4.69) is 27.7 Å². The summed E-state index contributed by atoms with van der Waals surface area (Å²) in [5.41, 5.74) is 0.473. The predicted octanol–water partition coefficient (Wildman–Crippen LogP) is -1.01. The fraction of sp³-hybridized carbons (Fsp3) is 0.750. The minimum absolute atomic E-state index is 0. The van der Waals surface area contributed by atoms with Crippen molar-refractivity contribution in [2.24, 2.45) is 0 Å². The number of ether oxygens (including phenoxy) is 1. The highest BCUT2D eigenvalue weighted by Crippen LogP contribution is 2.02. The molecule has 0 rings (SSSR count). The van der Waals surface area contributed by atoms with E-state index in [0.717, 1.165) is 23.9 Å². The van der Waals surface area contributed by atoms with E-state index in [-0.39, 0.29) is 29.9 Å². The number of nitrogens with zero attached hydrogens (tertiary/aromatic N) is 1. The number of unbranched alkanes of at least 4 members (excludes halogenated alkanes) is 2. The van der Waals surface area contributed by atoms with Crippen LogP contribution in [0.1, 0.15) is 26.2 Å². The third-order valence-corrected chi connectivity index (χ3v) is 2.05. The lowest BCUT2D eigenvalue weighted by Crippen LogP contribution is -3.00. The van der Waals surface area contributed by atoms with Gasteiger partial charge in [-0.2, -0.15) is 0 Å². The average molecular weight is 341 g/mol. The van der Waals surface area contributed by atoms with Crippen LogP contribution in [0.3, 0.4) is 0 Å².